The zero-order valence-electron chi connectivity index (χ0n) is 14.1. The molecule has 0 radical (unpaired) electrons. The minimum atomic E-state index is -0.461. The molecule has 0 aliphatic carbocycles. The Morgan fingerprint density at radius 1 is 1.22 bits per heavy atom. The van der Waals surface area contributed by atoms with E-state index in [0.717, 1.165) is 9.56 Å². The molecule has 4 rings (SSSR count). The number of carbonyl (C=O) groups is 1. The number of hydrogen-bond acceptors (Lipinski definition) is 8. The highest BCUT2D eigenvalue weighted by molar-refractivity contribution is 7.13. The smallest absolute Gasteiger partial charge is 0.308 e. The van der Waals surface area contributed by atoms with Gasteiger partial charge in [-0.3, -0.25) is 9.59 Å². The maximum atomic E-state index is 12.3. The third kappa shape index (κ3) is 3.77. The van der Waals surface area contributed by atoms with Crippen LogP contribution < -0.4 is 5.56 Å². The van der Waals surface area contributed by atoms with Crippen molar-refractivity contribution in [2.45, 2.75) is 19.6 Å². The van der Waals surface area contributed by atoms with Crippen LogP contribution in [0.25, 0.3) is 21.7 Å². The number of nitrogens with zero attached hydrogens (tertiary/aromatic N) is 4. The molecule has 0 spiro atoms. The molecular formula is C18H14N4O4S. The van der Waals surface area contributed by atoms with E-state index >= 15 is 0 Å². The average Bonchev–Trinajstić information content (AvgIpc) is 3.37. The van der Waals surface area contributed by atoms with Gasteiger partial charge in [0.1, 0.15) is 24.1 Å². The van der Waals surface area contributed by atoms with E-state index in [1.54, 1.807) is 24.3 Å². The number of aryl methyl sites for hydroxylation is 1. The largest absolute Gasteiger partial charge is 0.459 e. The first kappa shape index (κ1) is 17.1. The van der Waals surface area contributed by atoms with Crippen LogP contribution in [0.3, 0.4) is 0 Å². The summed E-state index contributed by atoms with van der Waals surface area (Å²) in [6.45, 7) is 0.0980. The molecule has 0 N–H and O–H groups in total. The summed E-state index contributed by atoms with van der Waals surface area (Å²) in [5.74, 6) is 0.0339. The van der Waals surface area contributed by atoms with Crippen molar-refractivity contribution in [3.63, 3.8) is 0 Å². The topological polar surface area (TPSA) is 100 Å². The van der Waals surface area contributed by atoms with E-state index in [4.69, 9.17) is 9.15 Å². The predicted octanol–water partition coefficient (Wildman–Crippen LogP) is 2.64. The summed E-state index contributed by atoms with van der Waals surface area (Å²) >= 11 is 1.51. The molecule has 0 saturated carbocycles. The van der Waals surface area contributed by atoms with Crippen molar-refractivity contribution < 1.29 is 13.9 Å². The fourth-order valence-corrected chi connectivity index (χ4v) is 3.14. The number of aromatic nitrogens is 4. The van der Waals surface area contributed by atoms with E-state index < -0.39 is 5.97 Å². The van der Waals surface area contributed by atoms with Crippen LogP contribution in [0.1, 0.15) is 12.1 Å². The first-order valence-electron chi connectivity index (χ1n) is 8.17. The van der Waals surface area contributed by atoms with Gasteiger partial charge in [-0.1, -0.05) is 23.4 Å². The van der Waals surface area contributed by atoms with Crippen LogP contribution in [0.5, 0.6) is 0 Å². The van der Waals surface area contributed by atoms with Crippen LogP contribution in [-0.4, -0.2) is 25.9 Å². The van der Waals surface area contributed by atoms with Crippen LogP contribution in [0, 0.1) is 0 Å². The number of benzene rings is 1. The van der Waals surface area contributed by atoms with Gasteiger partial charge in [-0.25, -0.2) is 9.67 Å². The minimum absolute atomic E-state index is 0.00254. The summed E-state index contributed by atoms with van der Waals surface area (Å²) in [6, 6.07) is 10.7. The van der Waals surface area contributed by atoms with Crippen molar-refractivity contribution in [3.8, 4) is 10.8 Å². The molecule has 3 aromatic heterocycles. The summed E-state index contributed by atoms with van der Waals surface area (Å²) < 4.78 is 11.7. The van der Waals surface area contributed by atoms with Gasteiger partial charge in [0, 0.05) is 0 Å². The van der Waals surface area contributed by atoms with Crippen LogP contribution in [-0.2, 0) is 22.7 Å². The van der Waals surface area contributed by atoms with Crippen molar-refractivity contribution in [2.75, 3.05) is 0 Å². The molecule has 0 aliphatic rings. The Balaban J connectivity index is 1.34. The van der Waals surface area contributed by atoms with Crippen LogP contribution >= 0.6 is 11.3 Å². The van der Waals surface area contributed by atoms with Gasteiger partial charge in [0.25, 0.3) is 5.56 Å². The lowest BCUT2D eigenvalue weighted by atomic mass is 10.2. The predicted molar refractivity (Wildman–Crippen MR) is 98.0 cm³/mol. The molecule has 27 heavy (non-hydrogen) atoms. The SMILES string of the molecule is O=C(CCn1nnc2ccccc2c1=O)OCc1coc(-c2cccs2)n1. The van der Waals surface area contributed by atoms with Crippen molar-refractivity contribution in [3.05, 3.63) is 64.1 Å². The Labute approximate surface area is 157 Å². The monoisotopic (exact) mass is 382 g/mol. The second-order valence-corrected chi connectivity index (χ2v) is 6.61. The van der Waals surface area contributed by atoms with Gasteiger partial charge in [-0.15, -0.1) is 16.4 Å². The quantitative estimate of drug-likeness (QED) is 0.473. The minimum Gasteiger partial charge on any atom is -0.459 e. The molecule has 136 valence electrons. The highest BCUT2D eigenvalue weighted by Gasteiger charge is 2.11. The fraction of sp³-hybridized carbons (Fsp3) is 0.167. The Morgan fingerprint density at radius 3 is 2.96 bits per heavy atom. The molecule has 0 atom stereocenters. The lowest BCUT2D eigenvalue weighted by Gasteiger charge is -2.05. The molecule has 4 aromatic rings. The van der Waals surface area contributed by atoms with Crippen molar-refractivity contribution in [1.29, 1.82) is 0 Å². The third-order valence-electron chi connectivity index (χ3n) is 3.82. The number of carbonyl (C=O) groups excluding carboxylic acids is 1. The third-order valence-corrected chi connectivity index (χ3v) is 4.68. The maximum absolute atomic E-state index is 12.3. The van der Waals surface area contributed by atoms with E-state index in [2.05, 4.69) is 15.3 Å². The molecular weight excluding hydrogens is 368 g/mol. The summed E-state index contributed by atoms with van der Waals surface area (Å²) in [5, 5.41) is 10.2. The Kier molecular flexibility index (Phi) is 4.75. The highest BCUT2D eigenvalue weighted by atomic mass is 32.1. The number of rotatable bonds is 6. The molecule has 0 aliphatic heterocycles. The summed E-state index contributed by atoms with van der Waals surface area (Å²) in [4.78, 5) is 29.5. The second-order valence-electron chi connectivity index (χ2n) is 5.67. The molecule has 9 heteroatoms. The molecule has 0 bridgehead atoms. The summed E-state index contributed by atoms with van der Waals surface area (Å²) in [5.41, 5.74) is 0.758. The van der Waals surface area contributed by atoms with Gasteiger partial charge in [0.05, 0.1) is 23.2 Å². The summed E-state index contributed by atoms with van der Waals surface area (Å²) in [6.07, 6.45) is 1.46. The molecule has 0 amide bonds. The molecule has 8 nitrogen and oxygen atoms in total. The van der Waals surface area contributed by atoms with Gasteiger partial charge in [0.15, 0.2) is 0 Å². The standard InChI is InChI=1S/C18H14N4O4S/c23-16(25-10-12-11-26-17(19-12)15-6-3-9-27-15)7-8-22-18(24)13-4-1-2-5-14(13)20-21-22/h1-6,9,11H,7-8,10H2. The van der Waals surface area contributed by atoms with Crippen LogP contribution in [0.4, 0.5) is 0 Å². The zero-order chi connectivity index (χ0) is 18.6. The van der Waals surface area contributed by atoms with Gasteiger partial charge in [-0.05, 0) is 23.6 Å². The number of fused-ring (bicyclic) bond motifs is 1. The highest BCUT2D eigenvalue weighted by Crippen LogP contribution is 2.23. The Bertz CT molecular complexity index is 1130. The number of ether oxygens (including phenoxy) is 1. The van der Waals surface area contributed by atoms with Crippen molar-refractivity contribution in [1.82, 2.24) is 20.0 Å². The van der Waals surface area contributed by atoms with E-state index in [-0.39, 0.29) is 25.1 Å². The second kappa shape index (κ2) is 7.50. The summed E-state index contributed by atoms with van der Waals surface area (Å²) in [7, 11) is 0. The van der Waals surface area contributed by atoms with E-state index in [1.165, 1.54) is 17.6 Å². The Hall–Kier alpha value is -3.33. The zero-order valence-corrected chi connectivity index (χ0v) is 14.9. The normalized spacial score (nSPS) is 11.0. The van der Waals surface area contributed by atoms with Crippen LogP contribution in [0.2, 0.25) is 0 Å². The van der Waals surface area contributed by atoms with Crippen LogP contribution in [0.15, 0.2) is 57.3 Å². The number of oxazole rings is 1. The first-order chi connectivity index (χ1) is 13.2. The molecule has 0 saturated heterocycles. The first-order valence-corrected chi connectivity index (χ1v) is 9.05. The number of hydrogen-bond donors (Lipinski definition) is 0. The van der Waals surface area contributed by atoms with Gasteiger partial charge < -0.3 is 9.15 Å². The fourth-order valence-electron chi connectivity index (χ4n) is 2.48. The molecule has 1 aromatic carbocycles. The van der Waals surface area contributed by atoms with Gasteiger partial charge >= 0.3 is 5.97 Å². The lowest BCUT2D eigenvalue weighted by Crippen LogP contribution is -2.25. The average molecular weight is 382 g/mol. The molecule has 3 heterocycles. The lowest BCUT2D eigenvalue weighted by molar-refractivity contribution is -0.145. The maximum Gasteiger partial charge on any atom is 0.308 e. The molecule has 0 unspecified atom stereocenters. The van der Waals surface area contributed by atoms with E-state index in [1.807, 2.05) is 17.5 Å². The van der Waals surface area contributed by atoms with Crippen molar-refractivity contribution >= 4 is 28.2 Å². The van der Waals surface area contributed by atoms with Gasteiger partial charge in [-0.2, -0.15) is 0 Å². The Morgan fingerprint density at radius 2 is 2.11 bits per heavy atom. The van der Waals surface area contributed by atoms with Crippen molar-refractivity contribution in [2.24, 2.45) is 0 Å². The molecule has 0 fully saturated rings. The van der Waals surface area contributed by atoms with E-state index in [0.29, 0.717) is 22.5 Å². The number of esters is 1. The van der Waals surface area contributed by atoms with Gasteiger partial charge in [0.2, 0.25) is 5.89 Å². The van der Waals surface area contributed by atoms with E-state index in [9.17, 15) is 9.59 Å². The number of thiophene rings is 1.